The Hall–Kier alpha value is -1.96. The number of unbranched alkanes of at least 4 members (excludes halogenated alkanes) is 9. The maximum atomic E-state index is 12.6. The molecule has 0 spiro atoms. The lowest BCUT2D eigenvalue weighted by molar-refractivity contribution is -0.161. The molecule has 14 nitrogen and oxygen atoms in total. The Morgan fingerprint density at radius 2 is 1.31 bits per heavy atom. The van der Waals surface area contributed by atoms with Gasteiger partial charge in [-0.05, 0) is 50.9 Å². The highest BCUT2D eigenvalue weighted by atomic mass is 31.2. The monoisotopic (exact) mass is 824 g/mol. The zero-order valence-electron chi connectivity index (χ0n) is 33.3. The molecular formula is C39H70O14P2. The summed E-state index contributed by atoms with van der Waals surface area (Å²) in [5, 5.41) is 19.7. The van der Waals surface area contributed by atoms with Gasteiger partial charge in [0.25, 0.3) is 0 Å². The minimum atomic E-state index is -4.87. The van der Waals surface area contributed by atoms with E-state index in [1.807, 2.05) is 36.5 Å². The van der Waals surface area contributed by atoms with Gasteiger partial charge in [0.05, 0.1) is 25.9 Å². The number of rotatable bonds is 36. The average molecular weight is 825 g/mol. The fourth-order valence-electron chi connectivity index (χ4n) is 4.87. The first-order chi connectivity index (χ1) is 26.2. The SMILES string of the molecule is CCCCC/C=C\C[C@@H](O)/C=C/C=C\C/C=C\CCCC(=O)OC[C@H](COP(=O)(O)OC[C@@H](O)COP(=O)(O)O)OC(=O)CCCCCCCCC(C)CC. The summed E-state index contributed by atoms with van der Waals surface area (Å²) in [6.45, 7) is 3.79. The first-order valence-corrected chi connectivity index (χ1v) is 22.9. The van der Waals surface area contributed by atoms with Crippen molar-refractivity contribution in [2.45, 2.75) is 155 Å². The summed E-state index contributed by atoms with van der Waals surface area (Å²) in [6, 6.07) is 0. The van der Waals surface area contributed by atoms with Gasteiger partial charge in [0.15, 0.2) is 6.10 Å². The van der Waals surface area contributed by atoms with Gasteiger partial charge in [-0.3, -0.25) is 23.2 Å². The zero-order valence-corrected chi connectivity index (χ0v) is 35.1. The Kier molecular flexibility index (Phi) is 32.9. The lowest BCUT2D eigenvalue weighted by Crippen LogP contribution is -2.30. The van der Waals surface area contributed by atoms with Gasteiger partial charge in [0, 0.05) is 12.8 Å². The summed E-state index contributed by atoms with van der Waals surface area (Å²) >= 11 is 0. The highest BCUT2D eigenvalue weighted by Gasteiger charge is 2.28. The van der Waals surface area contributed by atoms with Crippen LogP contribution in [0.15, 0.2) is 48.6 Å². The Labute approximate surface area is 329 Å². The average Bonchev–Trinajstić information content (AvgIpc) is 3.13. The van der Waals surface area contributed by atoms with Gasteiger partial charge in [-0.2, -0.15) is 0 Å². The summed E-state index contributed by atoms with van der Waals surface area (Å²) in [6.07, 6.45) is 27.5. The van der Waals surface area contributed by atoms with Crippen molar-refractivity contribution in [3.63, 3.8) is 0 Å². The van der Waals surface area contributed by atoms with Crippen molar-refractivity contribution in [1.82, 2.24) is 0 Å². The molecule has 5 N–H and O–H groups in total. The molecule has 2 unspecified atom stereocenters. The molecular weight excluding hydrogens is 754 g/mol. The minimum absolute atomic E-state index is 0.0862. The quantitative estimate of drug-likeness (QED) is 0.0132. The lowest BCUT2D eigenvalue weighted by atomic mass is 10.00. The molecule has 0 aromatic heterocycles. The Morgan fingerprint density at radius 1 is 0.673 bits per heavy atom. The van der Waals surface area contributed by atoms with Crippen LogP contribution in [0.25, 0.3) is 0 Å². The fourth-order valence-corrected chi connectivity index (χ4v) is 6.03. The number of aliphatic hydroxyl groups excluding tert-OH is 2. The first kappa shape index (κ1) is 53.0. The van der Waals surface area contributed by atoms with Crippen molar-refractivity contribution in [3.8, 4) is 0 Å². The van der Waals surface area contributed by atoms with Gasteiger partial charge in [0.2, 0.25) is 0 Å². The van der Waals surface area contributed by atoms with E-state index in [2.05, 4.69) is 35.9 Å². The van der Waals surface area contributed by atoms with Crippen molar-refractivity contribution in [1.29, 1.82) is 0 Å². The summed E-state index contributed by atoms with van der Waals surface area (Å²) < 4.78 is 47.5. The summed E-state index contributed by atoms with van der Waals surface area (Å²) in [4.78, 5) is 52.4. The number of ether oxygens (including phenoxy) is 2. The van der Waals surface area contributed by atoms with Gasteiger partial charge in [0.1, 0.15) is 12.7 Å². The van der Waals surface area contributed by atoms with Crippen molar-refractivity contribution in [2.24, 2.45) is 5.92 Å². The van der Waals surface area contributed by atoms with E-state index in [0.717, 1.165) is 38.0 Å². The highest BCUT2D eigenvalue weighted by Crippen LogP contribution is 2.43. The molecule has 16 heteroatoms. The molecule has 320 valence electrons. The van der Waals surface area contributed by atoms with Crippen LogP contribution in [0.4, 0.5) is 0 Å². The van der Waals surface area contributed by atoms with Gasteiger partial charge < -0.3 is 34.4 Å². The second-order valence-corrected chi connectivity index (χ2v) is 16.3. The van der Waals surface area contributed by atoms with Crippen LogP contribution in [0.1, 0.15) is 136 Å². The molecule has 0 aliphatic heterocycles. The van der Waals surface area contributed by atoms with Crippen molar-refractivity contribution < 1.29 is 66.7 Å². The largest absolute Gasteiger partial charge is 0.472 e. The molecule has 0 aromatic rings. The fraction of sp³-hybridized carbons (Fsp3) is 0.744. The molecule has 0 heterocycles. The number of aliphatic hydroxyl groups is 2. The number of phosphoric ester groups is 2. The van der Waals surface area contributed by atoms with Crippen LogP contribution in [-0.4, -0.2) is 81.6 Å². The number of hydrogen-bond acceptors (Lipinski definition) is 11. The normalized spacial score (nSPS) is 15.9. The molecule has 0 rings (SSSR count). The first-order valence-electron chi connectivity index (χ1n) is 19.8. The van der Waals surface area contributed by atoms with Crippen LogP contribution in [0.3, 0.4) is 0 Å². The molecule has 5 atom stereocenters. The minimum Gasteiger partial charge on any atom is -0.462 e. The van der Waals surface area contributed by atoms with E-state index >= 15 is 0 Å². The van der Waals surface area contributed by atoms with E-state index in [-0.39, 0.29) is 12.8 Å². The van der Waals surface area contributed by atoms with Crippen LogP contribution >= 0.6 is 15.6 Å². The number of carbonyl (C=O) groups is 2. The van der Waals surface area contributed by atoms with E-state index < -0.39 is 72.3 Å². The standard InChI is InChI=1S/C39H70O14P2/c1-4-6-7-8-16-21-26-35(40)27-22-17-11-9-10-12-18-23-28-38(42)49-32-37(33-52-55(47,48)51-31-36(41)30-50-54(44,45)46)53-39(43)29-24-19-14-13-15-20-25-34(3)5-2/h10-12,16-17,21-22,27,34-37,40-41H,4-9,13-15,18-20,23-26,28-33H2,1-3H3,(H,47,48)(H2,44,45,46)/b12-10-,17-11-,21-16-,27-22+/t34?,35-,36+,37-/m1/s1. The molecule has 0 saturated heterocycles. The Bertz CT molecular complexity index is 1200. The van der Waals surface area contributed by atoms with Gasteiger partial charge in [-0.25, -0.2) is 9.13 Å². The van der Waals surface area contributed by atoms with E-state index in [1.54, 1.807) is 6.08 Å². The number of phosphoric acid groups is 2. The zero-order chi connectivity index (χ0) is 41.2. The number of carbonyl (C=O) groups excluding carboxylic acids is 2. The van der Waals surface area contributed by atoms with Crippen LogP contribution in [0, 0.1) is 5.92 Å². The predicted octanol–water partition coefficient (Wildman–Crippen LogP) is 8.33. The molecule has 0 aromatic carbocycles. The summed E-state index contributed by atoms with van der Waals surface area (Å²) in [5.74, 6) is -0.414. The maximum Gasteiger partial charge on any atom is 0.472 e. The molecule has 0 bridgehead atoms. The predicted molar refractivity (Wildman–Crippen MR) is 213 cm³/mol. The molecule has 0 amide bonds. The Morgan fingerprint density at radius 3 is 2.02 bits per heavy atom. The summed E-state index contributed by atoms with van der Waals surface area (Å²) in [7, 11) is -9.70. The third-order valence-corrected chi connectivity index (χ3v) is 9.77. The van der Waals surface area contributed by atoms with E-state index in [9.17, 15) is 33.8 Å². The van der Waals surface area contributed by atoms with Crippen molar-refractivity contribution in [3.05, 3.63) is 48.6 Å². The molecule has 0 saturated carbocycles. The van der Waals surface area contributed by atoms with Crippen molar-refractivity contribution in [2.75, 3.05) is 26.4 Å². The topological polar surface area (TPSA) is 216 Å². The number of hydrogen-bond donors (Lipinski definition) is 5. The molecule has 0 aliphatic carbocycles. The maximum absolute atomic E-state index is 12.6. The number of esters is 2. The van der Waals surface area contributed by atoms with Gasteiger partial charge in [-0.1, -0.05) is 127 Å². The van der Waals surface area contributed by atoms with Crippen LogP contribution in [-0.2, 0) is 41.8 Å². The smallest absolute Gasteiger partial charge is 0.462 e. The van der Waals surface area contributed by atoms with Crippen LogP contribution in [0.5, 0.6) is 0 Å². The van der Waals surface area contributed by atoms with Crippen molar-refractivity contribution >= 4 is 27.6 Å². The van der Waals surface area contributed by atoms with E-state index in [4.69, 9.17) is 23.8 Å². The second-order valence-electron chi connectivity index (χ2n) is 13.7. The molecule has 0 fully saturated rings. The summed E-state index contributed by atoms with van der Waals surface area (Å²) in [5.41, 5.74) is 0. The second kappa shape index (κ2) is 34.1. The Balaban J connectivity index is 4.71. The molecule has 55 heavy (non-hydrogen) atoms. The third kappa shape index (κ3) is 37.4. The van der Waals surface area contributed by atoms with E-state index in [0.29, 0.717) is 32.1 Å². The van der Waals surface area contributed by atoms with E-state index in [1.165, 1.54) is 38.5 Å². The molecule has 0 aliphatic rings. The van der Waals surface area contributed by atoms with Crippen LogP contribution < -0.4 is 0 Å². The van der Waals surface area contributed by atoms with Gasteiger partial charge in [-0.15, -0.1) is 0 Å². The van der Waals surface area contributed by atoms with Gasteiger partial charge >= 0.3 is 27.6 Å². The third-order valence-electron chi connectivity index (χ3n) is 8.33. The highest BCUT2D eigenvalue weighted by molar-refractivity contribution is 7.47. The van der Waals surface area contributed by atoms with Crippen LogP contribution in [0.2, 0.25) is 0 Å². The molecule has 0 radical (unpaired) electrons. The lowest BCUT2D eigenvalue weighted by Gasteiger charge is -2.20. The number of allylic oxidation sites excluding steroid dienone is 6.